The molecule has 1 atom stereocenters. The summed E-state index contributed by atoms with van der Waals surface area (Å²) in [6, 6.07) is 7.30. The van der Waals surface area contributed by atoms with Crippen molar-refractivity contribution in [2.45, 2.75) is 38.4 Å². The number of piperidine rings is 1. The highest BCUT2D eigenvalue weighted by Crippen LogP contribution is 2.40. The van der Waals surface area contributed by atoms with Crippen molar-refractivity contribution in [2.75, 3.05) is 13.1 Å². The van der Waals surface area contributed by atoms with E-state index in [9.17, 15) is 17.6 Å². The third-order valence-corrected chi connectivity index (χ3v) is 5.12. The number of nitrogens with zero attached hydrogens (tertiary/aromatic N) is 3. The monoisotopic (exact) mass is 429 g/mol. The normalized spacial score (nSPS) is 18.0. The third-order valence-electron chi connectivity index (χ3n) is 5.12. The first-order chi connectivity index (χ1) is 13.3. The summed E-state index contributed by atoms with van der Waals surface area (Å²) in [6.45, 7) is 3.50. The number of benzene rings is 1. The first kappa shape index (κ1) is 21.5. The average Bonchev–Trinajstić information content (AvgIpc) is 3.06. The number of halogens is 5. The molecule has 0 radical (unpaired) electrons. The fourth-order valence-electron chi connectivity index (χ4n) is 3.87. The molecule has 4 nitrogen and oxygen atoms in total. The summed E-state index contributed by atoms with van der Waals surface area (Å²) in [4.78, 5) is 6.23. The van der Waals surface area contributed by atoms with Gasteiger partial charge in [-0.05, 0) is 50.1 Å². The number of alkyl halides is 3. The van der Waals surface area contributed by atoms with E-state index in [1.807, 2.05) is 0 Å². The molecule has 0 bridgehead atoms. The lowest BCUT2D eigenvalue weighted by Gasteiger charge is -2.32. The van der Waals surface area contributed by atoms with Gasteiger partial charge in [-0.15, -0.1) is 12.4 Å². The summed E-state index contributed by atoms with van der Waals surface area (Å²) < 4.78 is 59.0. The summed E-state index contributed by atoms with van der Waals surface area (Å²) in [5, 5.41) is 3.94. The lowest BCUT2D eigenvalue weighted by atomic mass is 9.91. The van der Waals surface area contributed by atoms with E-state index < -0.39 is 11.7 Å². The largest absolute Gasteiger partial charge is 0.417 e. The number of fused-ring (bicyclic) bond motifs is 1. The number of aromatic nitrogens is 2. The molecule has 1 aliphatic rings. The van der Waals surface area contributed by atoms with E-state index in [1.165, 1.54) is 19.1 Å². The average molecular weight is 430 g/mol. The second-order valence-corrected chi connectivity index (χ2v) is 7.26. The van der Waals surface area contributed by atoms with Crippen LogP contribution in [-0.2, 0) is 12.7 Å². The van der Waals surface area contributed by atoms with Gasteiger partial charge in [-0.1, -0.05) is 17.3 Å². The van der Waals surface area contributed by atoms with Gasteiger partial charge in [0.2, 0.25) is 0 Å². The van der Waals surface area contributed by atoms with Crippen LogP contribution >= 0.6 is 12.4 Å². The van der Waals surface area contributed by atoms with Crippen molar-refractivity contribution in [2.24, 2.45) is 0 Å². The Morgan fingerprint density at radius 2 is 1.93 bits per heavy atom. The molecule has 1 unspecified atom stereocenters. The highest BCUT2D eigenvalue weighted by Gasteiger charge is 2.37. The molecule has 0 spiro atoms. The molecule has 3 aromatic rings. The maximum absolute atomic E-state index is 13.6. The second kappa shape index (κ2) is 8.28. The molecule has 1 aliphatic heterocycles. The number of aryl methyl sites for hydroxylation is 1. The number of rotatable bonds is 3. The molecule has 9 heteroatoms. The third kappa shape index (κ3) is 4.53. The highest BCUT2D eigenvalue weighted by molar-refractivity contribution is 5.85. The van der Waals surface area contributed by atoms with Gasteiger partial charge in [0.1, 0.15) is 5.82 Å². The van der Waals surface area contributed by atoms with Crippen LogP contribution in [0, 0.1) is 12.7 Å². The Labute approximate surface area is 171 Å². The van der Waals surface area contributed by atoms with Crippen molar-refractivity contribution in [1.29, 1.82) is 0 Å². The van der Waals surface area contributed by atoms with Gasteiger partial charge < -0.3 is 4.52 Å². The van der Waals surface area contributed by atoms with Gasteiger partial charge >= 0.3 is 6.18 Å². The Kier molecular flexibility index (Phi) is 6.14. The summed E-state index contributed by atoms with van der Waals surface area (Å²) in [6.07, 6.45) is -2.94. The molecule has 3 heterocycles. The van der Waals surface area contributed by atoms with Crippen molar-refractivity contribution in [1.82, 2.24) is 15.0 Å². The zero-order chi connectivity index (χ0) is 19.9. The summed E-state index contributed by atoms with van der Waals surface area (Å²) in [5.41, 5.74) is 0.697. The smallest absolute Gasteiger partial charge is 0.336 e. The van der Waals surface area contributed by atoms with E-state index >= 15 is 0 Å². The van der Waals surface area contributed by atoms with Crippen LogP contribution in [-0.4, -0.2) is 28.1 Å². The van der Waals surface area contributed by atoms with Crippen LogP contribution in [0.5, 0.6) is 0 Å². The summed E-state index contributed by atoms with van der Waals surface area (Å²) >= 11 is 0. The minimum absolute atomic E-state index is 0. The van der Waals surface area contributed by atoms with Crippen LogP contribution in [0.15, 0.2) is 34.9 Å². The molecule has 0 amide bonds. The van der Waals surface area contributed by atoms with Crippen molar-refractivity contribution >= 4 is 23.5 Å². The minimum atomic E-state index is -4.51. The van der Waals surface area contributed by atoms with Gasteiger partial charge in [0.25, 0.3) is 5.71 Å². The Bertz CT molecular complexity index is 988. The molecule has 1 aromatic carbocycles. The van der Waals surface area contributed by atoms with Crippen LogP contribution in [0.4, 0.5) is 17.6 Å². The molecule has 1 saturated heterocycles. The van der Waals surface area contributed by atoms with Gasteiger partial charge in [0, 0.05) is 24.7 Å². The molecule has 0 aliphatic carbocycles. The quantitative estimate of drug-likeness (QED) is 0.516. The van der Waals surface area contributed by atoms with E-state index in [-0.39, 0.29) is 40.9 Å². The zero-order valence-electron chi connectivity index (χ0n) is 15.7. The number of pyridine rings is 1. The maximum Gasteiger partial charge on any atom is 0.417 e. The molecule has 0 saturated carbocycles. The first-order valence-corrected chi connectivity index (χ1v) is 9.12. The van der Waals surface area contributed by atoms with Gasteiger partial charge in [0.05, 0.1) is 16.6 Å². The van der Waals surface area contributed by atoms with Crippen LogP contribution in [0.2, 0.25) is 0 Å². The second-order valence-electron chi connectivity index (χ2n) is 7.26. The fraction of sp³-hybridized carbons (Fsp3) is 0.400. The zero-order valence-corrected chi connectivity index (χ0v) is 16.5. The van der Waals surface area contributed by atoms with E-state index in [1.54, 1.807) is 12.1 Å². The Morgan fingerprint density at radius 3 is 2.62 bits per heavy atom. The molecular weight excluding hydrogens is 410 g/mol. The molecule has 4 rings (SSSR count). The van der Waals surface area contributed by atoms with Crippen LogP contribution in [0.25, 0.3) is 11.1 Å². The highest BCUT2D eigenvalue weighted by atomic mass is 35.5. The van der Waals surface area contributed by atoms with E-state index in [4.69, 9.17) is 4.52 Å². The molecule has 0 N–H and O–H groups in total. The lowest BCUT2D eigenvalue weighted by Crippen LogP contribution is -2.34. The number of hydrogen-bond acceptors (Lipinski definition) is 4. The van der Waals surface area contributed by atoms with Crippen molar-refractivity contribution in [3.63, 3.8) is 0 Å². The molecule has 2 aromatic heterocycles. The number of hydrogen-bond donors (Lipinski definition) is 0. The standard InChI is InChI=1S/C20H19F4N3O.ClH/c1-12-9-16(20(22,23)24)17-18(26-28-19(17)25-12)14-3-2-8-27(11-14)10-13-4-6-15(21)7-5-13;/h4-7,9,14H,2-3,8,10-11H2,1H3;1H. The van der Waals surface area contributed by atoms with Gasteiger partial charge in [-0.2, -0.15) is 13.2 Å². The van der Waals surface area contributed by atoms with Crippen LogP contribution < -0.4 is 0 Å². The van der Waals surface area contributed by atoms with Crippen molar-refractivity contribution < 1.29 is 22.1 Å². The Balaban J connectivity index is 0.00000240. The minimum Gasteiger partial charge on any atom is -0.336 e. The molecule has 29 heavy (non-hydrogen) atoms. The molecule has 156 valence electrons. The number of likely N-dealkylation sites (tertiary alicyclic amines) is 1. The van der Waals surface area contributed by atoms with Crippen molar-refractivity contribution in [3.8, 4) is 0 Å². The van der Waals surface area contributed by atoms with E-state index in [0.29, 0.717) is 18.8 Å². The Hall–Kier alpha value is -2.19. The Morgan fingerprint density at radius 1 is 1.21 bits per heavy atom. The predicted octanol–water partition coefficient (Wildman–Crippen LogP) is 5.49. The maximum atomic E-state index is 13.6. The van der Waals surface area contributed by atoms with Gasteiger partial charge in [-0.3, -0.25) is 4.90 Å². The van der Waals surface area contributed by atoms with E-state index in [2.05, 4.69) is 15.0 Å². The predicted molar refractivity (Wildman–Crippen MR) is 102 cm³/mol. The molecular formula is C20H20ClF4N3O. The van der Waals surface area contributed by atoms with Crippen LogP contribution in [0.3, 0.4) is 0 Å². The van der Waals surface area contributed by atoms with Crippen LogP contribution in [0.1, 0.15) is 41.3 Å². The lowest BCUT2D eigenvalue weighted by molar-refractivity contribution is -0.136. The van der Waals surface area contributed by atoms with E-state index in [0.717, 1.165) is 31.0 Å². The summed E-state index contributed by atoms with van der Waals surface area (Å²) in [7, 11) is 0. The first-order valence-electron chi connectivity index (χ1n) is 9.12. The SMILES string of the molecule is Cc1cc(C(F)(F)F)c2c(C3CCCN(Cc4ccc(F)cc4)C3)noc2n1.Cl. The topological polar surface area (TPSA) is 42.2 Å². The molecule has 1 fully saturated rings. The van der Waals surface area contributed by atoms with Gasteiger partial charge in [-0.25, -0.2) is 9.37 Å². The van der Waals surface area contributed by atoms with Crippen molar-refractivity contribution in [3.05, 3.63) is 58.7 Å². The van der Waals surface area contributed by atoms with Gasteiger partial charge in [0.15, 0.2) is 0 Å². The fourth-order valence-corrected chi connectivity index (χ4v) is 3.87. The summed E-state index contributed by atoms with van der Waals surface area (Å²) in [5.74, 6) is -0.474.